The number of benzene rings is 1. The van der Waals surface area contributed by atoms with E-state index in [-0.39, 0.29) is 0 Å². The van der Waals surface area contributed by atoms with Crippen LogP contribution >= 0.6 is 0 Å². The van der Waals surface area contributed by atoms with E-state index in [0.29, 0.717) is 6.61 Å². The Balaban J connectivity index is 2.09. The summed E-state index contributed by atoms with van der Waals surface area (Å²) in [4.78, 5) is 2.26. The maximum absolute atomic E-state index is 9.99. The van der Waals surface area contributed by atoms with E-state index in [1.54, 1.807) is 0 Å². The molecule has 0 saturated carbocycles. The van der Waals surface area contributed by atoms with Gasteiger partial charge in [-0.15, -0.1) is 0 Å². The van der Waals surface area contributed by atoms with Crippen LogP contribution in [0.2, 0.25) is 0 Å². The van der Waals surface area contributed by atoms with E-state index < -0.39 is 5.60 Å². The molecule has 4 heteroatoms. The number of nitrogens with two attached hydrogens (primary N) is 1. The van der Waals surface area contributed by atoms with E-state index in [1.165, 1.54) is 0 Å². The van der Waals surface area contributed by atoms with Gasteiger partial charge in [0.1, 0.15) is 5.75 Å². The van der Waals surface area contributed by atoms with Crippen molar-refractivity contribution in [1.82, 2.24) is 0 Å². The highest BCUT2D eigenvalue weighted by Crippen LogP contribution is 2.30. The summed E-state index contributed by atoms with van der Waals surface area (Å²) in [6.07, 6.45) is 2.55. The minimum atomic E-state index is -0.529. The molecular formula is C15H24N2O2. The first-order chi connectivity index (χ1) is 9.00. The number of hydrogen-bond donors (Lipinski definition) is 2. The minimum Gasteiger partial charge on any atom is -0.493 e. The largest absolute Gasteiger partial charge is 0.493 e. The van der Waals surface area contributed by atoms with Crippen LogP contribution in [0.25, 0.3) is 0 Å². The summed E-state index contributed by atoms with van der Waals surface area (Å²) in [7, 11) is 0. The van der Waals surface area contributed by atoms with Gasteiger partial charge in [-0.3, -0.25) is 0 Å². The predicted octanol–water partition coefficient (Wildman–Crippen LogP) is 2.41. The number of ether oxygens (including phenoxy) is 1. The number of piperidine rings is 1. The van der Waals surface area contributed by atoms with Gasteiger partial charge in [0.15, 0.2) is 0 Å². The highest BCUT2D eigenvalue weighted by Gasteiger charge is 2.27. The summed E-state index contributed by atoms with van der Waals surface area (Å²) in [6, 6.07) is 5.87. The summed E-state index contributed by atoms with van der Waals surface area (Å²) >= 11 is 0. The molecule has 0 atom stereocenters. The molecule has 0 spiro atoms. The van der Waals surface area contributed by atoms with Crippen molar-refractivity contribution in [3.63, 3.8) is 0 Å². The maximum Gasteiger partial charge on any atom is 0.123 e. The summed E-state index contributed by atoms with van der Waals surface area (Å²) in [5.74, 6) is 0.828. The van der Waals surface area contributed by atoms with Crippen LogP contribution in [0.15, 0.2) is 18.2 Å². The molecule has 0 unspecified atom stereocenters. The van der Waals surface area contributed by atoms with Crippen LogP contribution in [0, 0.1) is 0 Å². The lowest BCUT2D eigenvalue weighted by atomic mass is 9.93. The second-order valence-corrected chi connectivity index (χ2v) is 5.59. The van der Waals surface area contributed by atoms with E-state index in [9.17, 15) is 5.11 Å². The third kappa shape index (κ3) is 3.77. The van der Waals surface area contributed by atoms with Crippen molar-refractivity contribution in [2.75, 3.05) is 30.3 Å². The van der Waals surface area contributed by atoms with Gasteiger partial charge < -0.3 is 20.5 Å². The molecule has 19 heavy (non-hydrogen) atoms. The molecule has 4 nitrogen and oxygen atoms in total. The molecule has 2 rings (SSSR count). The van der Waals surface area contributed by atoms with Gasteiger partial charge >= 0.3 is 0 Å². The van der Waals surface area contributed by atoms with Crippen molar-refractivity contribution in [2.24, 2.45) is 0 Å². The summed E-state index contributed by atoms with van der Waals surface area (Å²) < 4.78 is 5.65. The molecule has 106 valence electrons. The highest BCUT2D eigenvalue weighted by atomic mass is 16.5. The van der Waals surface area contributed by atoms with Crippen LogP contribution in [0.1, 0.15) is 33.1 Å². The number of rotatable bonds is 4. The van der Waals surface area contributed by atoms with Crippen LogP contribution in [0.5, 0.6) is 5.75 Å². The van der Waals surface area contributed by atoms with Gasteiger partial charge in [0, 0.05) is 36.6 Å². The lowest BCUT2D eigenvalue weighted by Crippen LogP contribution is -2.42. The number of hydrogen-bond acceptors (Lipinski definition) is 4. The second-order valence-electron chi connectivity index (χ2n) is 5.59. The van der Waals surface area contributed by atoms with E-state index in [2.05, 4.69) is 11.8 Å². The molecule has 1 saturated heterocycles. The summed E-state index contributed by atoms with van der Waals surface area (Å²) in [5, 5.41) is 9.99. The van der Waals surface area contributed by atoms with Gasteiger partial charge in [0.2, 0.25) is 0 Å². The van der Waals surface area contributed by atoms with Crippen LogP contribution in [0.4, 0.5) is 11.4 Å². The van der Waals surface area contributed by atoms with Gasteiger partial charge in [-0.1, -0.05) is 6.92 Å². The Labute approximate surface area is 115 Å². The zero-order valence-electron chi connectivity index (χ0n) is 11.9. The van der Waals surface area contributed by atoms with Crippen molar-refractivity contribution < 1.29 is 9.84 Å². The first-order valence-corrected chi connectivity index (χ1v) is 7.01. The van der Waals surface area contributed by atoms with Gasteiger partial charge in [-0.05, 0) is 32.3 Å². The van der Waals surface area contributed by atoms with Crippen molar-refractivity contribution in [3.8, 4) is 5.75 Å². The lowest BCUT2D eigenvalue weighted by Gasteiger charge is -2.37. The van der Waals surface area contributed by atoms with E-state index in [0.717, 1.165) is 49.5 Å². The fourth-order valence-electron chi connectivity index (χ4n) is 2.34. The van der Waals surface area contributed by atoms with Crippen molar-refractivity contribution in [1.29, 1.82) is 0 Å². The molecule has 0 radical (unpaired) electrons. The Morgan fingerprint density at radius 3 is 2.63 bits per heavy atom. The molecule has 0 amide bonds. The van der Waals surface area contributed by atoms with E-state index in [1.807, 2.05) is 25.1 Å². The summed E-state index contributed by atoms with van der Waals surface area (Å²) in [5.41, 5.74) is 7.21. The molecular weight excluding hydrogens is 240 g/mol. The molecule has 1 aromatic rings. The zero-order chi connectivity index (χ0) is 13.9. The van der Waals surface area contributed by atoms with E-state index in [4.69, 9.17) is 10.5 Å². The molecule has 1 fully saturated rings. The number of nitrogen functional groups attached to an aromatic ring is 1. The van der Waals surface area contributed by atoms with Gasteiger partial charge in [0.05, 0.1) is 12.2 Å². The molecule has 0 bridgehead atoms. The van der Waals surface area contributed by atoms with Crippen LogP contribution in [-0.4, -0.2) is 30.4 Å². The lowest BCUT2D eigenvalue weighted by molar-refractivity contribution is 0.0351. The quantitative estimate of drug-likeness (QED) is 0.820. The molecule has 0 aromatic heterocycles. The molecule has 1 aliphatic heterocycles. The van der Waals surface area contributed by atoms with Crippen LogP contribution < -0.4 is 15.4 Å². The Morgan fingerprint density at radius 2 is 2.00 bits per heavy atom. The monoisotopic (exact) mass is 264 g/mol. The number of aliphatic hydroxyl groups is 1. The third-order valence-electron chi connectivity index (χ3n) is 3.59. The Kier molecular flexibility index (Phi) is 4.20. The molecule has 1 aromatic carbocycles. The fraction of sp³-hybridized carbons (Fsp3) is 0.600. The maximum atomic E-state index is 9.99. The second kappa shape index (κ2) is 5.70. The Morgan fingerprint density at radius 1 is 1.32 bits per heavy atom. The van der Waals surface area contributed by atoms with Gasteiger partial charge in [-0.2, -0.15) is 0 Å². The molecule has 3 N–H and O–H groups in total. The van der Waals surface area contributed by atoms with E-state index >= 15 is 0 Å². The topological polar surface area (TPSA) is 58.7 Å². The third-order valence-corrected chi connectivity index (χ3v) is 3.59. The predicted molar refractivity (Wildman–Crippen MR) is 78.7 cm³/mol. The normalized spacial score (nSPS) is 18.4. The molecule has 0 aliphatic carbocycles. The van der Waals surface area contributed by atoms with Crippen molar-refractivity contribution in [2.45, 2.75) is 38.7 Å². The first-order valence-electron chi connectivity index (χ1n) is 7.01. The average molecular weight is 264 g/mol. The van der Waals surface area contributed by atoms with Crippen molar-refractivity contribution >= 4 is 11.4 Å². The fourth-order valence-corrected chi connectivity index (χ4v) is 2.34. The Hall–Kier alpha value is -1.42. The summed E-state index contributed by atoms with van der Waals surface area (Å²) in [6.45, 7) is 6.39. The number of nitrogens with zero attached hydrogens (tertiary/aromatic N) is 1. The van der Waals surface area contributed by atoms with Crippen LogP contribution in [-0.2, 0) is 0 Å². The van der Waals surface area contributed by atoms with Crippen molar-refractivity contribution in [3.05, 3.63) is 18.2 Å². The zero-order valence-corrected chi connectivity index (χ0v) is 11.9. The highest BCUT2D eigenvalue weighted by molar-refractivity contribution is 5.60. The average Bonchev–Trinajstić information content (AvgIpc) is 2.35. The molecule has 1 heterocycles. The van der Waals surface area contributed by atoms with Gasteiger partial charge in [0.25, 0.3) is 0 Å². The van der Waals surface area contributed by atoms with Crippen LogP contribution in [0.3, 0.4) is 0 Å². The first kappa shape index (κ1) is 14.0. The van der Waals surface area contributed by atoms with Gasteiger partial charge in [-0.25, -0.2) is 0 Å². The smallest absolute Gasteiger partial charge is 0.123 e. The standard InChI is InChI=1S/C15H24N2O2/c1-3-8-19-14-10-12(16)9-13(11-14)17-6-4-15(2,18)5-7-17/h9-11,18H,3-8,16H2,1-2H3. The minimum absolute atomic E-state index is 0.529. The SMILES string of the molecule is CCCOc1cc(N)cc(N2CCC(C)(O)CC2)c1. The Bertz CT molecular complexity index is 422. The number of anilines is 2. The molecule has 1 aliphatic rings.